The Labute approximate surface area is 162 Å². The topological polar surface area (TPSA) is 41.6 Å². The molecule has 0 aliphatic carbocycles. The van der Waals surface area contributed by atoms with E-state index in [1.54, 1.807) is 7.11 Å². The molecule has 2 aromatic carbocycles. The molecule has 1 fully saturated rings. The molecule has 0 unspecified atom stereocenters. The molecule has 0 spiro atoms. The van der Waals surface area contributed by atoms with Gasteiger partial charge in [0, 0.05) is 6.54 Å². The zero-order valence-corrected chi connectivity index (χ0v) is 15.7. The standard InChI is InChI=1S/C20H21ClF2N2O2/c1-27-14-6-4-13(5-7-14)19(25-8-2-3-9-25)12-24-20(26)15-10-17(22)18(23)11-16(15)21/h4-7,10-11,19H,2-3,8-9,12H2,1H3,(H,24,26)/t19-/m0/s1. The highest BCUT2D eigenvalue weighted by molar-refractivity contribution is 6.33. The summed E-state index contributed by atoms with van der Waals surface area (Å²) in [4.78, 5) is 14.8. The van der Waals surface area contributed by atoms with Crippen molar-refractivity contribution in [2.45, 2.75) is 18.9 Å². The monoisotopic (exact) mass is 394 g/mol. The lowest BCUT2D eigenvalue weighted by Gasteiger charge is -2.28. The smallest absolute Gasteiger partial charge is 0.252 e. The van der Waals surface area contributed by atoms with Gasteiger partial charge in [-0.05, 0) is 55.8 Å². The maximum Gasteiger partial charge on any atom is 0.252 e. The fourth-order valence-corrected chi connectivity index (χ4v) is 3.55. The second-order valence-corrected chi connectivity index (χ2v) is 6.90. The first-order valence-electron chi connectivity index (χ1n) is 8.80. The molecular formula is C20H21ClF2N2O2. The number of likely N-dealkylation sites (tertiary alicyclic amines) is 1. The van der Waals surface area contributed by atoms with Gasteiger partial charge in [-0.15, -0.1) is 0 Å². The molecule has 27 heavy (non-hydrogen) atoms. The van der Waals surface area contributed by atoms with Crippen LogP contribution in [0.1, 0.15) is 34.8 Å². The Hall–Kier alpha value is -2.18. The van der Waals surface area contributed by atoms with Gasteiger partial charge >= 0.3 is 0 Å². The van der Waals surface area contributed by atoms with Crippen molar-refractivity contribution in [3.05, 3.63) is 64.2 Å². The minimum Gasteiger partial charge on any atom is -0.497 e. The molecule has 7 heteroatoms. The number of carbonyl (C=O) groups is 1. The van der Waals surface area contributed by atoms with Crippen LogP contribution in [0.5, 0.6) is 5.75 Å². The number of methoxy groups -OCH3 is 1. The van der Waals surface area contributed by atoms with E-state index in [4.69, 9.17) is 16.3 Å². The van der Waals surface area contributed by atoms with Crippen molar-refractivity contribution in [1.82, 2.24) is 10.2 Å². The van der Waals surface area contributed by atoms with E-state index in [1.165, 1.54) is 0 Å². The van der Waals surface area contributed by atoms with E-state index in [0.717, 1.165) is 49.4 Å². The molecule has 4 nitrogen and oxygen atoms in total. The van der Waals surface area contributed by atoms with Crippen molar-refractivity contribution in [1.29, 1.82) is 0 Å². The van der Waals surface area contributed by atoms with Gasteiger partial charge in [-0.25, -0.2) is 8.78 Å². The van der Waals surface area contributed by atoms with Crippen LogP contribution in [0, 0.1) is 11.6 Å². The number of nitrogens with zero attached hydrogens (tertiary/aromatic N) is 1. The quantitative estimate of drug-likeness (QED) is 0.747. The van der Waals surface area contributed by atoms with Gasteiger partial charge < -0.3 is 10.1 Å². The van der Waals surface area contributed by atoms with Crippen molar-refractivity contribution in [3.63, 3.8) is 0 Å². The lowest BCUT2D eigenvalue weighted by atomic mass is 10.0. The second-order valence-electron chi connectivity index (χ2n) is 6.49. The maximum absolute atomic E-state index is 13.5. The molecule has 1 aliphatic rings. The normalized spacial score (nSPS) is 15.6. The predicted octanol–water partition coefficient (Wildman–Crippen LogP) is 4.19. The van der Waals surface area contributed by atoms with Gasteiger partial charge in [0.05, 0.1) is 23.7 Å². The van der Waals surface area contributed by atoms with E-state index in [0.29, 0.717) is 6.54 Å². The predicted molar refractivity (Wildman–Crippen MR) is 100 cm³/mol. The summed E-state index contributed by atoms with van der Waals surface area (Å²) in [5, 5.41) is 2.69. The number of halogens is 3. The van der Waals surface area contributed by atoms with Gasteiger partial charge in [0.15, 0.2) is 11.6 Å². The number of rotatable bonds is 6. The molecule has 0 aromatic heterocycles. The number of carbonyl (C=O) groups excluding carboxylic acids is 1. The molecule has 1 aliphatic heterocycles. The average molecular weight is 395 g/mol. The van der Waals surface area contributed by atoms with Crippen LogP contribution in [-0.4, -0.2) is 37.6 Å². The summed E-state index contributed by atoms with van der Waals surface area (Å²) in [6, 6.07) is 9.32. The van der Waals surface area contributed by atoms with Gasteiger partial charge in [-0.1, -0.05) is 23.7 Å². The van der Waals surface area contributed by atoms with E-state index in [-0.39, 0.29) is 16.6 Å². The number of benzene rings is 2. The highest BCUT2D eigenvalue weighted by Gasteiger charge is 2.25. The van der Waals surface area contributed by atoms with E-state index in [1.807, 2.05) is 24.3 Å². The molecule has 144 valence electrons. The number of amides is 1. The second kappa shape index (κ2) is 8.67. The number of nitrogens with one attached hydrogen (secondary N) is 1. The van der Waals surface area contributed by atoms with Gasteiger partial charge in [0.1, 0.15) is 5.75 Å². The first-order chi connectivity index (χ1) is 13.0. The molecule has 1 saturated heterocycles. The van der Waals surface area contributed by atoms with Crippen LogP contribution in [0.4, 0.5) is 8.78 Å². The summed E-state index contributed by atoms with van der Waals surface area (Å²) in [6.07, 6.45) is 2.21. The molecule has 1 heterocycles. The zero-order chi connectivity index (χ0) is 19.4. The van der Waals surface area contributed by atoms with Crippen LogP contribution in [0.25, 0.3) is 0 Å². The minimum absolute atomic E-state index is 0.0218. The molecule has 3 rings (SSSR count). The Bertz CT molecular complexity index is 808. The maximum atomic E-state index is 13.5. The molecule has 1 N–H and O–H groups in total. The molecule has 2 aromatic rings. The Morgan fingerprint density at radius 1 is 1.19 bits per heavy atom. The fourth-order valence-electron chi connectivity index (χ4n) is 3.32. The van der Waals surface area contributed by atoms with Crippen LogP contribution in [0.15, 0.2) is 36.4 Å². The molecule has 1 atom stereocenters. The first kappa shape index (κ1) is 19.6. The Balaban J connectivity index is 1.76. The summed E-state index contributed by atoms with van der Waals surface area (Å²) in [6.45, 7) is 2.22. The molecular weight excluding hydrogens is 374 g/mol. The van der Waals surface area contributed by atoms with Crippen LogP contribution >= 0.6 is 11.6 Å². The largest absolute Gasteiger partial charge is 0.497 e. The van der Waals surface area contributed by atoms with E-state index >= 15 is 0 Å². The lowest BCUT2D eigenvalue weighted by Crippen LogP contribution is -2.37. The minimum atomic E-state index is -1.10. The Kier molecular flexibility index (Phi) is 6.29. The van der Waals surface area contributed by atoms with Crippen molar-refractivity contribution in [2.24, 2.45) is 0 Å². The van der Waals surface area contributed by atoms with E-state index < -0.39 is 17.5 Å². The summed E-state index contributed by atoms with van der Waals surface area (Å²) in [5.74, 6) is -1.95. The third-order valence-electron chi connectivity index (χ3n) is 4.79. The average Bonchev–Trinajstić information content (AvgIpc) is 3.19. The summed E-state index contributed by atoms with van der Waals surface area (Å²) < 4.78 is 31.9. The Morgan fingerprint density at radius 3 is 2.44 bits per heavy atom. The first-order valence-corrected chi connectivity index (χ1v) is 9.18. The van der Waals surface area contributed by atoms with E-state index in [9.17, 15) is 13.6 Å². The van der Waals surface area contributed by atoms with Crippen molar-refractivity contribution in [3.8, 4) is 5.75 Å². The number of hydrogen-bond acceptors (Lipinski definition) is 3. The number of hydrogen-bond donors (Lipinski definition) is 1. The lowest BCUT2D eigenvalue weighted by molar-refractivity contribution is 0.0937. The Morgan fingerprint density at radius 2 is 1.81 bits per heavy atom. The molecule has 0 saturated carbocycles. The van der Waals surface area contributed by atoms with E-state index in [2.05, 4.69) is 10.2 Å². The molecule has 0 radical (unpaired) electrons. The SMILES string of the molecule is COc1ccc([C@H](CNC(=O)c2cc(F)c(F)cc2Cl)N2CCCC2)cc1. The highest BCUT2D eigenvalue weighted by Crippen LogP contribution is 2.27. The van der Waals surface area contributed by atoms with Crippen LogP contribution in [0.3, 0.4) is 0 Å². The van der Waals surface area contributed by atoms with Gasteiger partial charge in [-0.2, -0.15) is 0 Å². The van der Waals surface area contributed by atoms with Crippen LogP contribution < -0.4 is 10.1 Å². The molecule has 0 bridgehead atoms. The van der Waals surface area contributed by atoms with Crippen molar-refractivity contribution < 1.29 is 18.3 Å². The summed E-state index contributed by atoms with van der Waals surface area (Å²) in [7, 11) is 1.61. The summed E-state index contributed by atoms with van der Waals surface area (Å²) >= 11 is 5.90. The molecule has 1 amide bonds. The van der Waals surface area contributed by atoms with Crippen LogP contribution in [0.2, 0.25) is 5.02 Å². The highest BCUT2D eigenvalue weighted by atomic mass is 35.5. The zero-order valence-electron chi connectivity index (χ0n) is 15.0. The van der Waals surface area contributed by atoms with Crippen molar-refractivity contribution >= 4 is 17.5 Å². The third-order valence-corrected chi connectivity index (χ3v) is 5.11. The van der Waals surface area contributed by atoms with Gasteiger partial charge in [0.25, 0.3) is 5.91 Å². The van der Waals surface area contributed by atoms with Gasteiger partial charge in [0.2, 0.25) is 0 Å². The third kappa shape index (κ3) is 4.57. The summed E-state index contributed by atoms with van der Waals surface area (Å²) in [5.41, 5.74) is 0.972. The fraction of sp³-hybridized carbons (Fsp3) is 0.350. The van der Waals surface area contributed by atoms with Gasteiger partial charge in [-0.3, -0.25) is 9.69 Å². The number of ether oxygens (including phenoxy) is 1. The van der Waals surface area contributed by atoms with Crippen molar-refractivity contribution in [2.75, 3.05) is 26.7 Å². The van der Waals surface area contributed by atoms with Crippen LogP contribution in [-0.2, 0) is 0 Å².